The Morgan fingerprint density at radius 3 is 1.86 bits per heavy atom. The molecule has 196 valence electrons. The molecule has 0 fully saturated rings. The van der Waals surface area contributed by atoms with Crippen molar-refractivity contribution in [3.05, 3.63) is 144 Å². The molecule has 0 N–H and O–H groups in total. The van der Waals surface area contributed by atoms with Crippen molar-refractivity contribution in [2.75, 3.05) is 0 Å². The lowest BCUT2D eigenvalue weighted by Gasteiger charge is -2.14. The van der Waals surface area contributed by atoms with Gasteiger partial charge in [0.05, 0.1) is 38.7 Å². The van der Waals surface area contributed by atoms with Gasteiger partial charge in [0.2, 0.25) is 5.95 Å². The van der Waals surface area contributed by atoms with Crippen LogP contribution in [0.15, 0.2) is 138 Å². The summed E-state index contributed by atoms with van der Waals surface area (Å²) in [4.78, 5) is 24.9. The van der Waals surface area contributed by atoms with Gasteiger partial charge in [-0.2, -0.15) is 0 Å². The van der Waals surface area contributed by atoms with Gasteiger partial charge >= 0.3 is 0 Å². The molecule has 5 nitrogen and oxygen atoms in total. The monoisotopic (exact) mass is 538 g/mol. The summed E-state index contributed by atoms with van der Waals surface area (Å²) in [6, 6.07) is 44.9. The van der Waals surface area contributed by atoms with Crippen molar-refractivity contribution < 1.29 is 0 Å². The fourth-order valence-corrected chi connectivity index (χ4v) is 6.51. The summed E-state index contributed by atoms with van der Waals surface area (Å²) < 4.78 is 3.92. The van der Waals surface area contributed by atoms with Crippen molar-refractivity contribution in [1.82, 2.24) is 18.9 Å². The van der Waals surface area contributed by atoms with Crippen LogP contribution < -0.4 is 5.56 Å². The van der Waals surface area contributed by atoms with E-state index in [0.717, 1.165) is 65.8 Å². The number of hydrogen-bond donors (Lipinski definition) is 0. The van der Waals surface area contributed by atoms with E-state index in [4.69, 9.17) is 9.97 Å². The molecule has 0 spiro atoms. The van der Waals surface area contributed by atoms with Crippen LogP contribution >= 0.6 is 0 Å². The number of fused-ring (bicyclic) bond motifs is 10. The number of hydrogen-bond acceptors (Lipinski definition) is 3. The molecule has 9 rings (SSSR count). The van der Waals surface area contributed by atoms with E-state index in [1.165, 1.54) is 0 Å². The summed E-state index contributed by atoms with van der Waals surface area (Å²) in [6.07, 6.45) is 0. The van der Waals surface area contributed by atoms with Crippen LogP contribution in [0.4, 0.5) is 0 Å². The average molecular weight is 539 g/mol. The second-order valence-electron chi connectivity index (χ2n) is 10.6. The van der Waals surface area contributed by atoms with E-state index in [1.54, 1.807) is 0 Å². The normalized spacial score (nSPS) is 11.9. The standard InChI is InChI=1S/C37H22N4O/c42-36-34-28-18-8-11-21-31(28)41(37-38-29-19-9-6-17-27(29)35(39-37)23-12-2-1-3-13-23)33(34)22-32-26-16-5-4-14-24(26)25-15-7-10-20-30(25)40(32)36/h1-22H. The molecule has 0 aliphatic rings. The van der Waals surface area contributed by atoms with Crippen LogP contribution in [0.1, 0.15) is 0 Å². The highest BCUT2D eigenvalue weighted by molar-refractivity contribution is 6.16. The zero-order valence-electron chi connectivity index (χ0n) is 22.4. The minimum atomic E-state index is -0.0523. The maximum atomic E-state index is 14.6. The highest BCUT2D eigenvalue weighted by Gasteiger charge is 2.21. The summed E-state index contributed by atoms with van der Waals surface area (Å²) in [6.45, 7) is 0. The second-order valence-corrected chi connectivity index (χ2v) is 10.6. The molecule has 0 aliphatic heterocycles. The highest BCUT2D eigenvalue weighted by atomic mass is 16.1. The van der Waals surface area contributed by atoms with Gasteiger partial charge < -0.3 is 0 Å². The maximum Gasteiger partial charge on any atom is 0.265 e. The first-order valence-electron chi connectivity index (χ1n) is 14.0. The maximum absolute atomic E-state index is 14.6. The van der Waals surface area contributed by atoms with Gasteiger partial charge in [0.25, 0.3) is 5.56 Å². The van der Waals surface area contributed by atoms with Crippen LogP contribution in [0.3, 0.4) is 0 Å². The average Bonchev–Trinajstić information content (AvgIpc) is 3.39. The molecule has 0 saturated carbocycles. The summed E-state index contributed by atoms with van der Waals surface area (Å²) >= 11 is 0. The number of nitrogens with zero attached hydrogens (tertiary/aromatic N) is 4. The summed E-state index contributed by atoms with van der Waals surface area (Å²) in [5.41, 5.74) is 6.10. The third-order valence-electron chi connectivity index (χ3n) is 8.32. The molecule has 4 aromatic heterocycles. The van der Waals surface area contributed by atoms with Gasteiger partial charge in [-0.1, -0.05) is 109 Å². The first-order chi connectivity index (χ1) is 20.8. The van der Waals surface area contributed by atoms with Crippen LogP contribution in [0.2, 0.25) is 0 Å². The Hall–Kier alpha value is -5.81. The molecule has 5 aromatic carbocycles. The van der Waals surface area contributed by atoms with Crippen molar-refractivity contribution in [3.63, 3.8) is 0 Å². The minimum absolute atomic E-state index is 0.0523. The van der Waals surface area contributed by atoms with Crippen LogP contribution in [-0.4, -0.2) is 18.9 Å². The van der Waals surface area contributed by atoms with Crippen LogP contribution in [-0.2, 0) is 0 Å². The molecule has 42 heavy (non-hydrogen) atoms. The predicted molar refractivity (Wildman–Crippen MR) is 172 cm³/mol. The Morgan fingerprint density at radius 2 is 1.07 bits per heavy atom. The van der Waals surface area contributed by atoms with Crippen LogP contribution in [0, 0.1) is 0 Å². The molecule has 0 atom stereocenters. The van der Waals surface area contributed by atoms with Gasteiger partial charge in [-0.3, -0.25) is 13.8 Å². The zero-order valence-corrected chi connectivity index (χ0v) is 22.4. The number of benzene rings is 5. The molecule has 0 aliphatic carbocycles. The lowest BCUT2D eigenvalue weighted by Crippen LogP contribution is -2.15. The van der Waals surface area contributed by atoms with Crippen molar-refractivity contribution >= 4 is 59.9 Å². The molecular formula is C37H22N4O. The van der Waals surface area contributed by atoms with E-state index in [2.05, 4.69) is 47.0 Å². The van der Waals surface area contributed by atoms with Crippen molar-refractivity contribution in [2.45, 2.75) is 0 Å². The van der Waals surface area contributed by atoms with E-state index in [1.807, 2.05) is 95.4 Å². The number of rotatable bonds is 2. The highest BCUT2D eigenvalue weighted by Crippen LogP contribution is 2.35. The number of aromatic nitrogens is 4. The largest absolute Gasteiger partial charge is 0.278 e. The van der Waals surface area contributed by atoms with E-state index in [9.17, 15) is 4.79 Å². The molecule has 4 heterocycles. The van der Waals surface area contributed by atoms with Crippen molar-refractivity contribution in [3.8, 4) is 17.2 Å². The summed E-state index contributed by atoms with van der Waals surface area (Å²) in [7, 11) is 0. The number of pyridine rings is 2. The topological polar surface area (TPSA) is 52.2 Å². The van der Waals surface area contributed by atoms with Crippen LogP contribution in [0.25, 0.3) is 77.1 Å². The van der Waals surface area contributed by atoms with Gasteiger partial charge in [-0.15, -0.1) is 0 Å². The summed E-state index contributed by atoms with van der Waals surface area (Å²) in [5.74, 6) is 0.535. The SMILES string of the molecule is O=c1c2c3ccccc3n(-c3nc(-c4ccccc4)c4ccccc4n3)c2cc2c3ccccc3c3ccccc3n12. The van der Waals surface area contributed by atoms with E-state index in [0.29, 0.717) is 11.3 Å². The molecule has 0 saturated heterocycles. The quantitative estimate of drug-likeness (QED) is 0.208. The van der Waals surface area contributed by atoms with Gasteiger partial charge in [0.15, 0.2) is 0 Å². The van der Waals surface area contributed by atoms with Crippen molar-refractivity contribution in [1.29, 1.82) is 0 Å². The molecule has 9 aromatic rings. The van der Waals surface area contributed by atoms with Gasteiger partial charge in [-0.25, -0.2) is 9.97 Å². The lowest BCUT2D eigenvalue weighted by molar-refractivity contribution is 1.01. The fraction of sp³-hybridized carbons (Fsp3) is 0. The Kier molecular flexibility index (Phi) is 4.70. The predicted octanol–water partition coefficient (Wildman–Crippen LogP) is 8.31. The Bertz CT molecular complexity index is 2600. The van der Waals surface area contributed by atoms with Gasteiger partial charge in [0.1, 0.15) is 0 Å². The molecule has 0 bridgehead atoms. The molecule has 0 amide bonds. The zero-order chi connectivity index (χ0) is 27.8. The smallest absolute Gasteiger partial charge is 0.265 e. The van der Waals surface area contributed by atoms with Gasteiger partial charge in [-0.05, 0) is 29.7 Å². The third-order valence-corrected chi connectivity index (χ3v) is 8.32. The molecule has 5 heteroatoms. The Morgan fingerprint density at radius 1 is 0.476 bits per heavy atom. The van der Waals surface area contributed by atoms with Gasteiger partial charge in [0, 0.05) is 27.1 Å². The first kappa shape index (κ1) is 22.9. The fourth-order valence-electron chi connectivity index (χ4n) is 6.51. The summed E-state index contributed by atoms with van der Waals surface area (Å²) in [5, 5.41) is 5.70. The second kappa shape index (κ2) is 8.59. The van der Waals surface area contributed by atoms with E-state index >= 15 is 0 Å². The van der Waals surface area contributed by atoms with Crippen molar-refractivity contribution in [2.24, 2.45) is 0 Å². The Labute approximate surface area is 239 Å². The molecule has 0 radical (unpaired) electrons. The lowest BCUT2D eigenvalue weighted by atomic mass is 10.0. The molecule has 0 unspecified atom stereocenters. The van der Waals surface area contributed by atoms with E-state index < -0.39 is 0 Å². The first-order valence-corrected chi connectivity index (χ1v) is 14.0. The van der Waals surface area contributed by atoms with E-state index in [-0.39, 0.29) is 5.56 Å². The van der Waals surface area contributed by atoms with Crippen LogP contribution in [0.5, 0.6) is 0 Å². The molecular weight excluding hydrogens is 516 g/mol. The number of para-hydroxylation sites is 3. The third kappa shape index (κ3) is 3.10. The Balaban J connectivity index is 1.50. The minimum Gasteiger partial charge on any atom is -0.278 e.